The molecular formula is C12H7Cl2N3. The first-order valence-corrected chi connectivity index (χ1v) is 5.61. The first kappa shape index (κ1) is 11.8. The van der Waals surface area contributed by atoms with Gasteiger partial charge < -0.3 is 0 Å². The molecule has 1 atom stereocenters. The van der Waals surface area contributed by atoms with Crippen molar-refractivity contribution in [3.05, 3.63) is 58.1 Å². The molecule has 3 nitrogen and oxygen atoms in total. The molecule has 0 spiro atoms. The first-order chi connectivity index (χ1) is 8.20. The van der Waals surface area contributed by atoms with Crippen LogP contribution in [-0.2, 0) is 0 Å². The van der Waals surface area contributed by atoms with Crippen LogP contribution in [0.2, 0.25) is 10.4 Å². The SMILES string of the molecule is N#CC(c1ccccc1)c1cc(Cl)nc(Cl)n1. The average molecular weight is 264 g/mol. The Balaban J connectivity index is 2.47. The first-order valence-electron chi connectivity index (χ1n) is 4.85. The molecule has 2 aromatic rings. The molecule has 1 heterocycles. The number of benzene rings is 1. The van der Waals surface area contributed by atoms with Crippen LogP contribution in [0.4, 0.5) is 0 Å². The van der Waals surface area contributed by atoms with Gasteiger partial charge in [-0.1, -0.05) is 41.9 Å². The van der Waals surface area contributed by atoms with Crippen LogP contribution in [0.5, 0.6) is 0 Å². The van der Waals surface area contributed by atoms with Gasteiger partial charge in [-0.05, 0) is 23.2 Å². The van der Waals surface area contributed by atoms with Gasteiger partial charge in [0.2, 0.25) is 5.28 Å². The molecule has 1 aromatic heterocycles. The second kappa shape index (κ2) is 5.13. The van der Waals surface area contributed by atoms with Gasteiger partial charge in [0.25, 0.3) is 0 Å². The molecule has 0 aliphatic heterocycles. The molecule has 0 saturated heterocycles. The second-order valence-corrected chi connectivity index (χ2v) is 4.08. The van der Waals surface area contributed by atoms with Gasteiger partial charge >= 0.3 is 0 Å². The van der Waals surface area contributed by atoms with Crippen molar-refractivity contribution in [3.8, 4) is 6.07 Å². The predicted octanol–water partition coefficient (Wildman–Crippen LogP) is 3.44. The molecular weight excluding hydrogens is 257 g/mol. The van der Waals surface area contributed by atoms with Gasteiger partial charge in [0, 0.05) is 0 Å². The summed E-state index contributed by atoms with van der Waals surface area (Å²) >= 11 is 11.5. The fourth-order valence-corrected chi connectivity index (χ4v) is 1.93. The normalized spacial score (nSPS) is 11.8. The Hall–Kier alpha value is -1.63. The Bertz CT molecular complexity index is 543. The zero-order chi connectivity index (χ0) is 12.3. The van der Waals surface area contributed by atoms with E-state index in [1.165, 1.54) is 0 Å². The molecule has 0 N–H and O–H groups in total. The molecule has 0 saturated carbocycles. The van der Waals surface area contributed by atoms with E-state index < -0.39 is 5.92 Å². The van der Waals surface area contributed by atoms with Crippen molar-refractivity contribution < 1.29 is 0 Å². The van der Waals surface area contributed by atoms with Crippen LogP contribution in [0.1, 0.15) is 17.2 Å². The Morgan fingerprint density at radius 2 is 1.82 bits per heavy atom. The third-order valence-corrected chi connectivity index (χ3v) is 2.61. The maximum atomic E-state index is 9.22. The summed E-state index contributed by atoms with van der Waals surface area (Å²) in [5.41, 5.74) is 1.35. The monoisotopic (exact) mass is 263 g/mol. The van der Waals surface area contributed by atoms with Crippen molar-refractivity contribution in [2.24, 2.45) is 0 Å². The van der Waals surface area contributed by atoms with Gasteiger partial charge in [-0.25, -0.2) is 9.97 Å². The van der Waals surface area contributed by atoms with E-state index in [1.807, 2.05) is 30.3 Å². The quantitative estimate of drug-likeness (QED) is 0.616. The summed E-state index contributed by atoms with van der Waals surface area (Å²) < 4.78 is 0. The zero-order valence-corrected chi connectivity index (χ0v) is 10.2. The lowest BCUT2D eigenvalue weighted by atomic mass is 9.97. The fraction of sp³-hybridized carbons (Fsp3) is 0.0833. The fourth-order valence-electron chi connectivity index (χ4n) is 1.51. The minimum atomic E-state index is -0.491. The molecule has 0 bridgehead atoms. The zero-order valence-electron chi connectivity index (χ0n) is 8.64. The molecule has 0 aliphatic carbocycles. The van der Waals surface area contributed by atoms with Crippen LogP contribution in [-0.4, -0.2) is 9.97 Å². The molecule has 5 heteroatoms. The Labute approximate surface area is 109 Å². The average Bonchev–Trinajstić information content (AvgIpc) is 2.30. The molecule has 0 radical (unpaired) electrons. The largest absolute Gasteiger partial charge is 0.224 e. The third-order valence-electron chi connectivity index (χ3n) is 2.25. The smallest absolute Gasteiger partial charge is 0.221 e. The summed E-state index contributed by atoms with van der Waals surface area (Å²) in [5, 5.41) is 9.50. The number of hydrogen-bond donors (Lipinski definition) is 0. The molecule has 2 rings (SSSR count). The van der Waals surface area contributed by atoms with E-state index >= 15 is 0 Å². The summed E-state index contributed by atoms with van der Waals surface area (Å²) in [4.78, 5) is 7.78. The van der Waals surface area contributed by atoms with E-state index in [9.17, 15) is 5.26 Å². The number of halogens is 2. The van der Waals surface area contributed by atoms with Crippen LogP contribution in [0.25, 0.3) is 0 Å². The van der Waals surface area contributed by atoms with Gasteiger partial charge in [-0.2, -0.15) is 5.26 Å². The van der Waals surface area contributed by atoms with Crippen LogP contribution in [0.3, 0.4) is 0 Å². The topological polar surface area (TPSA) is 49.6 Å². The lowest BCUT2D eigenvalue weighted by Gasteiger charge is -2.08. The van der Waals surface area contributed by atoms with E-state index in [-0.39, 0.29) is 10.4 Å². The van der Waals surface area contributed by atoms with E-state index in [1.54, 1.807) is 6.07 Å². The van der Waals surface area contributed by atoms with Gasteiger partial charge in [0.1, 0.15) is 11.1 Å². The van der Waals surface area contributed by atoms with Gasteiger partial charge in [-0.3, -0.25) is 0 Å². The summed E-state index contributed by atoms with van der Waals surface area (Å²) in [6, 6.07) is 13.1. The number of rotatable bonds is 2. The molecule has 17 heavy (non-hydrogen) atoms. The van der Waals surface area contributed by atoms with E-state index in [0.29, 0.717) is 5.69 Å². The number of aromatic nitrogens is 2. The summed E-state index contributed by atoms with van der Waals surface area (Å²) in [7, 11) is 0. The Morgan fingerprint density at radius 3 is 2.41 bits per heavy atom. The summed E-state index contributed by atoms with van der Waals surface area (Å²) in [5.74, 6) is -0.491. The highest BCUT2D eigenvalue weighted by Gasteiger charge is 2.16. The number of nitrogens with zero attached hydrogens (tertiary/aromatic N) is 3. The van der Waals surface area contributed by atoms with Gasteiger partial charge in [0.05, 0.1) is 11.8 Å². The molecule has 0 amide bonds. The van der Waals surface area contributed by atoms with Crippen LogP contribution in [0, 0.1) is 11.3 Å². The molecule has 0 fully saturated rings. The highest BCUT2D eigenvalue weighted by Crippen LogP contribution is 2.24. The Kier molecular flexibility index (Phi) is 3.58. The van der Waals surface area contributed by atoms with Gasteiger partial charge in [0.15, 0.2) is 0 Å². The van der Waals surface area contributed by atoms with E-state index in [0.717, 1.165) is 5.56 Å². The molecule has 1 unspecified atom stereocenters. The maximum Gasteiger partial charge on any atom is 0.224 e. The van der Waals surface area contributed by atoms with Crippen molar-refractivity contribution in [1.29, 1.82) is 5.26 Å². The van der Waals surface area contributed by atoms with Crippen LogP contribution < -0.4 is 0 Å². The lowest BCUT2D eigenvalue weighted by Crippen LogP contribution is -2.02. The van der Waals surface area contributed by atoms with Crippen molar-refractivity contribution >= 4 is 23.2 Å². The molecule has 0 aliphatic rings. The Morgan fingerprint density at radius 1 is 1.12 bits per heavy atom. The van der Waals surface area contributed by atoms with Crippen LogP contribution >= 0.6 is 23.2 Å². The standard InChI is InChI=1S/C12H7Cl2N3/c13-11-6-10(16-12(14)17-11)9(7-15)8-4-2-1-3-5-8/h1-6,9H. The lowest BCUT2D eigenvalue weighted by molar-refractivity contribution is 0.944. The number of nitriles is 1. The van der Waals surface area contributed by atoms with Crippen LogP contribution in [0.15, 0.2) is 36.4 Å². The summed E-state index contributed by atoms with van der Waals surface area (Å²) in [6.45, 7) is 0. The van der Waals surface area contributed by atoms with Crippen molar-refractivity contribution in [3.63, 3.8) is 0 Å². The molecule has 1 aromatic carbocycles. The highest BCUT2D eigenvalue weighted by atomic mass is 35.5. The van der Waals surface area contributed by atoms with E-state index in [2.05, 4.69) is 16.0 Å². The summed E-state index contributed by atoms with van der Waals surface area (Å²) in [6.07, 6.45) is 0. The van der Waals surface area contributed by atoms with Crippen molar-refractivity contribution in [2.75, 3.05) is 0 Å². The van der Waals surface area contributed by atoms with Gasteiger partial charge in [-0.15, -0.1) is 0 Å². The maximum absolute atomic E-state index is 9.22. The van der Waals surface area contributed by atoms with E-state index in [4.69, 9.17) is 23.2 Å². The number of hydrogen-bond acceptors (Lipinski definition) is 3. The molecule has 84 valence electrons. The highest BCUT2D eigenvalue weighted by molar-refractivity contribution is 6.31. The predicted molar refractivity (Wildman–Crippen MR) is 66.0 cm³/mol. The minimum absolute atomic E-state index is 0.0451. The minimum Gasteiger partial charge on any atom is -0.221 e. The second-order valence-electron chi connectivity index (χ2n) is 3.36. The van der Waals surface area contributed by atoms with Crippen molar-refractivity contribution in [2.45, 2.75) is 5.92 Å². The third kappa shape index (κ3) is 2.73. The van der Waals surface area contributed by atoms with Crippen molar-refractivity contribution in [1.82, 2.24) is 9.97 Å².